The number of carbonyl (C=O) groups is 1. The van der Waals surface area contributed by atoms with Crippen LogP contribution < -0.4 is 5.32 Å². The number of H-pyrrole nitrogens is 1. The number of nitrogens with one attached hydrogen (secondary N) is 2. The molecule has 0 spiro atoms. The van der Waals surface area contributed by atoms with Crippen molar-refractivity contribution in [1.82, 2.24) is 9.97 Å². The van der Waals surface area contributed by atoms with Crippen molar-refractivity contribution in [2.45, 2.75) is 5.16 Å². The second-order valence-corrected chi connectivity index (χ2v) is 6.91. The third-order valence-electron chi connectivity index (χ3n) is 2.96. The Hall–Kier alpha value is -1.40. The summed E-state index contributed by atoms with van der Waals surface area (Å²) in [6, 6.07) is 10.3. The molecule has 0 fully saturated rings. The standard InChI is InChI=1S/C15H10Cl3N3OS/c16-8-1-3-10(18)12(5-8)19-14(22)7-23-15-20-11-4-2-9(17)6-13(11)21-15/h1-6H,7H2,(H,19,22)(H,20,21). The maximum Gasteiger partial charge on any atom is 0.234 e. The molecule has 1 amide bonds. The normalized spacial score (nSPS) is 10.9. The van der Waals surface area contributed by atoms with Crippen LogP contribution in [0, 0.1) is 0 Å². The number of thioether (sulfide) groups is 1. The quantitative estimate of drug-likeness (QED) is 0.602. The Labute approximate surface area is 151 Å². The number of hydrogen-bond acceptors (Lipinski definition) is 3. The van der Waals surface area contributed by atoms with E-state index in [-0.39, 0.29) is 11.7 Å². The van der Waals surface area contributed by atoms with Crippen molar-refractivity contribution in [1.29, 1.82) is 0 Å². The van der Waals surface area contributed by atoms with Gasteiger partial charge in [-0.1, -0.05) is 46.6 Å². The Morgan fingerprint density at radius 1 is 1.13 bits per heavy atom. The van der Waals surface area contributed by atoms with Gasteiger partial charge in [0.05, 0.1) is 27.5 Å². The molecule has 0 unspecified atom stereocenters. The van der Waals surface area contributed by atoms with Gasteiger partial charge >= 0.3 is 0 Å². The minimum atomic E-state index is -0.197. The van der Waals surface area contributed by atoms with E-state index < -0.39 is 0 Å². The van der Waals surface area contributed by atoms with Gasteiger partial charge in [-0.15, -0.1) is 0 Å². The van der Waals surface area contributed by atoms with E-state index >= 15 is 0 Å². The van der Waals surface area contributed by atoms with E-state index in [0.29, 0.717) is 25.9 Å². The maximum atomic E-state index is 12.0. The molecule has 0 radical (unpaired) electrons. The summed E-state index contributed by atoms with van der Waals surface area (Å²) in [7, 11) is 0. The summed E-state index contributed by atoms with van der Waals surface area (Å²) < 4.78 is 0. The molecular weight excluding hydrogens is 377 g/mol. The van der Waals surface area contributed by atoms with E-state index in [0.717, 1.165) is 11.0 Å². The number of hydrogen-bond donors (Lipinski definition) is 2. The lowest BCUT2D eigenvalue weighted by Gasteiger charge is -2.06. The molecule has 0 saturated heterocycles. The number of imidazole rings is 1. The molecule has 8 heteroatoms. The number of carbonyl (C=O) groups excluding carboxylic acids is 1. The van der Waals surface area contributed by atoms with Crippen LogP contribution in [-0.4, -0.2) is 21.6 Å². The van der Waals surface area contributed by atoms with Crippen molar-refractivity contribution in [3.8, 4) is 0 Å². The lowest BCUT2D eigenvalue weighted by atomic mass is 10.3. The highest BCUT2D eigenvalue weighted by Crippen LogP contribution is 2.26. The molecule has 1 heterocycles. The molecule has 0 aliphatic carbocycles. The summed E-state index contributed by atoms with van der Waals surface area (Å²) >= 11 is 19.1. The lowest BCUT2D eigenvalue weighted by molar-refractivity contribution is -0.113. The van der Waals surface area contributed by atoms with Crippen LogP contribution in [0.25, 0.3) is 11.0 Å². The predicted molar refractivity (Wildman–Crippen MR) is 96.9 cm³/mol. The average Bonchev–Trinajstić information content (AvgIpc) is 2.91. The van der Waals surface area contributed by atoms with Crippen molar-refractivity contribution < 1.29 is 4.79 Å². The van der Waals surface area contributed by atoms with Crippen LogP contribution in [0.15, 0.2) is 41.6 Å². The highest BCUT2D eigenvalue weighted by molar-refractivity contribution is 7.99. The van der Waals surface area contributed by atoms with E-state index in [9.17, 15) is 4.79 Å². The van der Waals surface area contributed by atoms with Crippen molar-refractivity contribution in [2.24, 2.45) is 0 Å². The highest BCUT2D eigenvalue weighted by Gasteiger charge is 2.10. The molecule has 3 rings (SSSR count). The molecule has 1 aromatic heterocycles. The lowest BCUT2D eigenvalue weighted by Crippen LogP contribution is -2.14. The van der Waals surface area contributed by atoms with Gasteiger partial charge < -0.3 is 10.3 Å². The number of nitrogens with zero attached hydrogens (tertiary/aromatic N) is 1. The van der Waals surface area contributed by atoms with E-state index in [1.165, 1.54) is 11.8 Å². The molecule has 0 bridgehead atoms. The zero-order chi connectivity index (χ0) is 16.4. The maximum absolute atomic E-state index is 12.0. The molecule has 118 valence electrons. The minimum Gasteiger partial charge on any atom is -0.333 e. The monoisotopic (exact) mass is 385 g/mol. The SMILES string of the molecule is O=C(CSc1nc2ccc(Cl)cc2[nH]1)Nc1cc(Cl)ccc1Cl. The second kappa shape index (κ2) is 7.01. The van der Waals surface area contributed by atoms with Crippen LogP contribution in [0.4, 0.5) is 5.69 Å². The zero-order valence-corrected chi connectivity index (χ0v) is 14.7. The fraction of sp³-hybridized carbons (Fsp3) is 0.0667. The van der Waals surface area contributed by atoms with Crippen LogP contribution in [0.2, 0.25) is 15.1 Å². The molecular formula is C15H10Cl3N3OS. The summed E-state index contributed by atoms with van der Waals surface area (Å²) in [5.74, 6) is -0.00575. The van der Waals surface area contributed by atoms with Crippen LogP contribution in [-0.2, 0) is 4.79 Å². The molecule has 0 atom stereocenters. The third kappa shape index (κ3) is 4.12. The van der Waals surface area contributed by atoms with E-state index in [1.54, 1.807) is 30.3 Å². The molecule has 0 aliphatic heterocycles. The topological polar surface area (TPSA) is 57.8 Å². The van der Waals surface area contributed by atoms with Crippen molar-refractivity contribution in [3.63, 3.8) is 0 Å². The Balaban J connectivity index is 1.64. The largest absolute Gasteiger partial charge is 0.333 e. The zero-order valence-electron chi connectivity index (χ0n) is 11.6. The number of fused-ring (bicyclic) bond motifs is 1. The van der Waals surface area contributed by atoms with Crippen LogP contribution in [0.1, 0.15) is 0 Å². The fourth-order valence-corrected chi connectivity index (χ4v) is 3.13. The van der Waals surface area contributed by atoms with Gasteiger partial charge in [0, 0.05) is 10.0 Å². The van der Waals surface area contributed by atoms with Gasteiger partial charge in [0.25, 0.3) is 0 Å². The molecule has 2 aromatic carbocycles. The molecule has 3 aromatic rings. The van der Waals surface area contributed by atoms with Gasteiger partial charge in [0.2, 0.25) is 5.91 Å². The predicted octanol–water partition coefficient (Wildman–Crippen LogP) is 5.25. The summed E-state index contributed by atoms with van der Waals surface area (Å²) in [6.45, 7) is 0. The number of aromatic amines is 1. The van der Waals surface area contributed by atoms with Crippen molar-refractivity contribution >= 4 is 69.2 Å². The van der Waals surface area contributed by atoms with Gasteiger partial charge in [-0.05, 0) is 36.4 Å². The van der Waals surface area contributed by atoms with Gasteiger partial charge in [0.15, 0.2) is 5.16 Å². The molecule has 0 saturated carbocycles. The number of anilines is 1. The van der Waals surface area contributed by atoms with Crippen LogP contribution in [0.5, 0.6) is 0 Å². The summed E-state index contributed by atoms with van der Waals surface area (Å²) in [5, 5.41) is 4.95. The van der Waals surface area contributed by atoms with Gasteiger partial charge in [-0.2, -0.15) is 0 Å². The third-order valence-corrected chi connectivity index (χ3v) is 4.64. The number of rotatable bonds is 4. The van der Waals surface area contributed by atoms with Crippen LogP contribution >= 0.6 is 46.6 Å². The minimum absolute atomic E-state index is 0.191. The van der Waals surface area contributed by atoms with Gasteiger partial charge in [-0.25, -0.2) is 4.98 Å². The van der Waals surface area contributed by atoms with Gasteiger partial charge in [0.1, 0.15) is 0 Å². The summed E-state index contributed by atoms with van der Waals surface area (Å²) in [5.41, 5.74) is 2.12. The highest BCUT2D eigenvalue weighted by atomic mass is 35.5. The van der Waals surface area contributed by atoms with E-state index in [2.05, 4.69) is 15.3 Å². The second-order valence-electron chi connectivity index (χ2n) is 4.66. The van der Waals surface area contributed by atoms with Gasteiger partial charge in [-0.3, -0.25) is 4.79 Å². The molecule has 23 heavy (non-hydrogen) atoms. The average molecular weight is 387 g/mol. The number of benzene rings is 2. The summed E-state index contributed by atoms with van der Waals surface area (Å²) in [6.07, 6.45) is 0. The molecule has 4 nitrogen and oxygen atoms in total. The Morgan fingerprint density at radius 3 is 2.70 bits per heavy atom. The Bertz CT molecular complexity index is 882. The first-order valence-electron chi connectivity index (χ1n) is 6.54. The van der Waals surface area contributed by atoms with Crippen molar-refractivity contribution in [2.75, 3.05) is 11.1 Å². The van der Waals surface area contributed by atoms with E-state index in [4.69, 9.17) is 34.8 Å². The molecule has 0 aliphatic rings. The number of amides is 1. The smallest absolute Gasteiger partial charge is 0.234 e. The van der Waals surface area contributed by atoms with E-state index in [1.807, 2.05) is 6.07 Å². The first-order valence-corrected chi connectivity index (χ1v) is 8.66. The summed E-state index contributed by atoms with van der Waals surface area (Å²) in [4.78, 5) is 19.5. The fourth-order valence-electron chi connectivity index (χ4n) is 1.94. The first-order chi connectivity index (χ1) is 11.0. The van der Waals surface area contributed by atoms with Crippen molar-refractivity contribution in [3.05, 3.63) is 51.5 Å². The number of halogens is 3. The number of aromatic nitrogens is 2. The first kappa shape index (κ1) is 16.5. The Morgan fingerprint density at radius 2 is 1.87 bits per heavy atom. The molecule has 2 N–H and O–H groups in total. The Kier molecular flexibility index (Phi) is 5.02. The van der Waals surface area contributed by atoms with Crippen LogP contribution in [0.3, 0.4) is 0 Å².